The fourth-order valence-corrected chi connectivity index (χ4v) is 9.73. The maximum Gasteiger partial charge on any atom is 0.166 e. The van der Waals surface area contributed by atoms with Crippen LogP contribution >= 0.6 is 11.3 Å². The molecule has 6 heteroatoms. The van der Waals surface area contributed by atoms with E-state index in [2.05, 4.69) is 114 Å². The first-order chi connectivity index (χ1) is 28.3. The van der Waals surface area contributed by atoms with Crippen LogP contribution in [-0.4, -0.2) is 19.5 Å². The predicted molar refractivity (Wildman–Crippen MR) is 236 cm³/mol. The number of hydrogen-bond acceptors (Lipinski definition) is 5. The molecule has 57 heavy (non-hydrogen) atoms. The van der Waals surface area contributed by atoms with Crippen LogP contribution in [0.4, 0.5) is 0 Å². The molecule has 0 aliphatic rings. The summed E-state index contributed by atoms with van der Waals surface area (Å²) in [6.45, 7) is 0. The maximum atomic E-state index is 6.57. The third kappa shape index (κ3) is 4.98. The topological polar surface area (TPSA) is 56.7 Å². The molecule has 0 atom stereocenters. The molecule has 0 saturated carbocycles. The van der Waals surface area contributed by atoms with Crippen LogP contribution in [0.1, 0.15) is 0 Å². The SMILES string of the molecule is c1ccc(-c2nc(-c3ccccc3)nc(-c3ccc4oc5ccccc5c4c3-n3c4ccccc4c4cc(-c5cccc6c5sc5ccccc56)ccc43)n2)cc1. The van der Waals surface area contributed by atoms with E-state index < -0.39 is 0 Å². The summed E-state index contributed by atoms with van der Waals surface area (Å²) in [6.07, 6.45) is 0. The molecular formula is C51H30N4OS. The second kappa shape index (κ2) is 12.6. The van der Waals surface area contributed by atoms with E-state index in [1.165, 1.54) is 42.1 Å². The van der Waals surface area contributed by atoms with Crippen molar-refractivity contribution in [1.82, 2.24) is 19.5 Å². The summed E-state index contributed by atoms with van der Waals surface area (Å²) in [4.78, 5) is 15.5. The Kier molecular flexibility index (Phi) is 7.03. The van der Waals surface area contributed by atoms with Crippen LogP contribution in [0.5, 0.6) is 0 Å². The van der Waals surface area contributed by atoms with Gasteiger partial charge in [0.15, 0.2) is 17.5 Å². The number of hydrogen-bond donors (Lipinski definition) is 0. The fourth-order valence-electron chi connectivity index (χ4n) is 8.50. The third-order valence-corrected chi connectivity index (χ3v) is 12.3. The number of rotatable bonds is 5. The van der Waals surface area contributed by atoms with Crippen LogP contribution in [0.25, 0.3) is 115 Å². The lowest BCUT2D eigenvalue weighted by Gasteiger charge is -2.16. The van der Waals surface area contributed by atoms with Crippen molar-refractivity contribution in [3.63, 3.8) is 0 Å². The zero-order chi connectivity index (χ0) is 37.5. The van der Waals surface area contributed by atoms with Crippen molar-refractivity contribution in [3.05, 3.63) is 182 Å². The lowest BCUT2D eigenvalue weighted by atomic mass is 10.0. The van der Waals surface area contributed by atoms with Gasteiger partial charge in [-0.2, -0.15) is 0 Å². The first-order valence-electron chi connectivity index (χ1n) is 19.0. The second-order valence-corrected chi connectivity index (χ2v) is 15.4. The van der Waals surface area contributed by atoms with Gasteiger partial charge in [0.1, 0.15) is 11.2 Å². The van der Waals surface area contributed by atoms with Crippen molar-refractivity contribution in [2.75, 3.05) is 0 Å². The number of para-hydroxylation sites is 2. The summed E-state index contributed by atoms with van der Waals surface area (Å²) in [6, 6.07) is 63.7. The molecule has 4 aromatic heterocycles. The van der Waals surface area contributed by atoms with Gasteiger partial charge in [-0.15, -0.1) is 11.3 Å². The summed E-state index contributed by atoms with van der Waals surface area (Å²) >= 11 is 1.86. The number of thiophene rings is 1. The molecule has 8 aromatic carbocycles. The molecular weight excluding hydrogens is 717 g/mol. The van der Waals surface area contributed by atoms with Crippen molar-refractivity contribution in [3.8, 4) is 51.0 Å². The Morgan fingerprint density at radius 3 is 1.82 bits per heavy atom. The Bertz CT molecular complexity index is 3470. The first kappa shape index (κ1) is 31.9. The van der Waals surface area contributed by atoms with Gasteiger partial charge in [0, 0.05) is 53.0 Å². The molecule has 0 saturated heterocycles. The monoisotopic (exact) mass is 746 g/mol. The highest BCUT2D eigenvalue weighted by molar-refractivity contribution is 7.26. The van der Waals surface area contributed by atoms with Crippen LogP contribution < -0.4 is 0 Å². The quantitative estimate of drug-likeness (QED) is 0.176. The van der Waals surface area contributed by atoms with E-state index in [4.69, 9.17) is 19.4 Å². The summed E-state index contributed by atoms with van der Waals surface area (Å²) in [5, 5.41) is 6.97. The molecule has 0 amide bonds. The highest BCUT2D eigenvalue weighted by Crippen LogP contribution is 2.45. The number of furan rings is 1. The molecule has 0 aliphatic carbocycles. The van der Waals surface area contributed by atoms with Crippen LogP contribution in [0.3, 0.4) is 0 Å². The number of aromatic nitrogens is 4. The summed E-state index contributed by atoms with van der Waals surface area (Å²) in [7, 11) is 0. The molecule has 0 radical (unpaired) electrons. The number of nitrogens with zero attached hydrogens (tertiary/aromatic N) is 4. The van der Waals surface area contributed by atoms with Crippen molar-refractivity contribution in [2.24, 2.45) is 0 Å². The van der Waals surface area contributed by atoms with Gasteiger partial charge in [0.25, 0.3) is 0 Å². The van der Waals surface area contributed by atoms with Crippen molar-refractivity contribution in [1.29, 1.82) is 0 Å². The Hall–Kier alpha value is -7.41. The normalized spacial score (nSPS) is 11.9. The standard InChI is InChI=1S/C51H30N4OS/c1-3-14-31(15-4-1)49-52-50(32-16-5-2-6-17-32)54-51(53-49)39-27-29-44-46(38-20-8-11-24-43(38)56-44)47(39)55-41-23-10-7-18-35(41)40-30-33(26-28-42(40)55)34-21-13-22-37-36-19-9-12-25-45(36)57-48(34)37/h1-30H. The molecule has 0 unspecified atom stereocenters. The Morgan fingerprint density at radius 1 is 0.404 bits per heavy atom. The van der Waals surface area contributed by atoms with Crippen molar-refractivity contribution in [2.45, 2.75) is 0 Å². The van der Waals surface area contributed by atoms with Gasteiger partial charge < -0.3 is 8.98 Å². The van der Waals surface area contributed by atoms with Crippen LogP contribution in [0.15, 0.2) is 186 Å². The highest BCUT2D eigenvalue weighted by Gasteiger charge is 2.24. The molecule has 0 fully saturated rings. The minimum Gasteiger partial charge on any atom is -0.456 e. The Labute approximate surface area is 330 Å². The van der Waals surface area contributed by atoms with Crippen molar-refractivity contribution >= 4 is 75.3 Å². The number of benzene rings is 8. The minimum absolute atomic E-state index is 0.587. The molecule has 4 heterocycles. The van der Waals surface area contributed by atoms with E-state index >= 15 is 0 Å². The van der Waals surface area contributed by atoms with E-state index in [1.807, 2.05) is 84.1 Å². The van der Waals surface area contributed by atoms with Gasteiger partial charge >= 0.3 is 0 Å². The second-order valence-electron chi connectivity index (χ2n) is 14.3. The van der Waals surface area contributed by atoms with E-state index in [0.29, 0.717) is 17.5 Å². The molecule has 5 nitrogen and oxygen atoms in total. The highest BCUT2D eigenvalue weighted by atomic mass is 32.1. The summed E-state index contributed by atoms with van der Waals surface area (Å²) < 4.78 is 11.6. The van der Waals surface area contributed by atoms with Gasteiger partial charge in [-0.05, 0) is 53.6 Å². The fraction of sp³-hybridized carbons (Fsp3) is 0. The molecule has 0 bridgehead atoms. The zero-order valence-corrected chi connectivity index (χ0v) is 31.2. The van der Waals surface area contributed by atoms with Gasteiger partial charge in [0.05, 0.1) is 22.1 Å². The van der Waals surface area contributed by atoms with Crippen LogP contribution in [0.2, 0.25) is 0 Å². The lowest BCUT2D eigenvalue weighted by Crippen LogP contribution is -2.04. The van der Waals surface area contributed by atoms with Gasteiger partial charge in [-0.1, -0.05) is 140 Å². The van der Waals surface area contributed by atoms with Crippen LogP contribution in [0, 0.1) is 0 Å². The average Bonchev–Trinajstić information content (AvgIpc) is 3.96. The van der Waals surface area contributed by atoms with Crippen LogP contribution in [-0.2, 0) is 0 Å². The Balaban J connectivity index is 1.17. The minimum atomic E-state index is 0.587. The van der Waals surface area contributed by atoms with E-state index in [0.717, 1.165) is 55.3 Å². The molecule has 266 valence electrons. The summed E-state index contributed by atoms with van der Waals surface area (Å²) in [5.41, 5.74) is 9.92. The zero-order valence-electron chi connectivity index (χ0n) is 30.4. The van der Waals surface area contributed by atoms with Crippen molar-refractivity contribution < 1.29 is 4.42 Å². The van der Waals surface area contributed by atoms with Gasteiger partial charge in [0.2, 0.25) is 0 Å². The average molecular weight is 747 g/mol. The van der Waals surface area contributed by atoms with Gasteiger partial charge in [-0.3, -0.25) is 0 Å². The smallest absolute Gasteiger partial charge is 0.166 e. The first-order valence-corrected chi connectivity index (χ1v) is 19.8. The number of fused-ring (bicyclic) bond motifs is 9. The molecule has 12 aromatic rings. The van der Waals surface area contributed by atoms with E-state index in [-0.39, 0.29) is 0 Å². The van der Waals surface area contributed by atoms with E-state index in [1.54, 1.807) is 0 Å². The molecule has 0 spiro atoms. The predicted octanol–water partition coefficient (Wildman–Crippen LogP) is 13.9. The largest absolute Gasteiger partial charge is 0.456 e. The summed E-state index contributed by atoms with van der Waals surface area (Å²) in [5.74, 6) is 1.82. The molecule has 12 rings (SSSR count). The third-order valence-electron chi connectivity index (χ3n) is 11.1. The Morgan fingerprint density at radius 2 is 1.04 bits per heavy atom. The molecule has 0 N–H and O–H groups in total. The molecule has 0 aliphatic heterocycles. The maximum absolute atomic E-state index is 6.57. The lowest BCUT2D eigenvalue weighted by molar-refractivity contribution is 0.669. The van der Waals surface area contributed by atoms with E-state index in [9.17, 15) is 0 Å². The van der Waals surface area contributed by atoms with Gasteiger partial charge in [-0.25, -0.2) is 15.0 Å².